The number of nitrogens with one attached hydrogen (secondary N) is 1. The van der Waals surface area contributed by atoms with Gasteiger partial charge in [0.15, 0.2) is 0 Å². The smallest absolute Gasteiger partial charge is 0.252 e. The molecule has 1 amide bonds. The second-order valence-electron chi connectivity index (χ2n) is 4.75. The predicted molar refractivity (Wildman–Crippen MR) is 83.5 cm³/mol. The summed E-state index contributed by atoms with van der Waals surface area (Å²) in [5, 5.41) is 3.34. The zero-order chi connectivity index (χ0) is 15.1. The first-order valence-electron chi connectivity index (χ1n) is 7.07. The summed E-state index contributed by atoms with van der Waals surface area (Å²) in [4.78, 5) is 11.4. The molecule has 2 aromatic rings. The van der Waals surface area contributed by atoms with E-state index in [9.17, 15) is 4.79 Å². The Kier molecular flexibility index (Phi) is 5.35. The molecule has 0 heterocycles. The van der Waals surface area contributed by atoms with Gasteiger partial charge >= 0.3 is 0 Å². The average molecular weight is 284 g/mol. The molecule has 0 saturated carbocycles. The van der Waals surface area contributed by atoms with E-state index in [-0.39, 0.29) is 0 Å². The van der Waals surface area contributed by atoms with Crippen LogP contribution in [-0.4, -0.2) is 12.5 Å². The van der Waals surface area contributed by atoms with Gasteiger partial charge < -0.3 is 15.8 Å². The average Bonchev–Trinajstić information content (AvgIpc) is 2.49. The lowest BCUT2D eigenvalue weighted by molar-refractivity contribution is 0.0998. The van der Waals surface area contributed by atoms with E-state index in [1.807, 2.05) is 30.3 Å². The number of amides is 1. The van der Waals surface area contributed by atoms with E-state index in [2.05, 4.69) is 12.2 Å². The Labute approximate surface area is 124 Å². The van der Waals surface area contributed by atoms with Gasteiger partial charge in [-0.2, -0.15) is 0 Å². The first-order chi connectivity index (χ1) is 10.2. The van der Waals surface area contributed by atoms with Crippen LogP contribution >= 0.6 is 0 Å². The lowest BCUT2D eigenvalue weighted by atomic mass is 10.1. The molecule has 0 aliphatic rings. The Morgan fingerprint density at radius 1 is 1.10 bits per heavy atom. The van der Waals surface area contributed by atoms with Gasteiger partial charge in [0.05, 0.1) is 5.56 Å². The molecule has 21 heavy (non-hydrogen) atoms. The summed E-state index contributed by atoms with van der Waals surface area (Å²) in [6, 6.07) is 14.8. The highest BCUT2D eigenvalue weighted by Gasteiger charge is 2.11. The van der Waals surface area contributed by atoms with Crippen LogP contribution in [0.15, 0.2) is 48.5 Å². The molecule has 0 bridgehead atoms. The van der Waals surface area contributed by atoms with Crippen molar-refractivity contribution in [2.75, 3.05) is 6.54 Å². The molecule has 3 N–H and O–H groups in total. The fourth-order valence-electron chi connectivity index (χ4n) is 2.03. The maximum Gasteiger partial charge on any atom is 0.252 e. The van der Waals surface area contributed by atoms with Crippen molar-refractivity contribution in [3.05, 3.63) is 59.7 Å². The quantitative estimate of drug-likeness (QED) is 0.768. The van der Waals surface area contributed by atoms with E-state index in [0.29, 0.717) is 11.3 Å². The molecule has 0 spiro atoms. The third kappa shape index (κ3) is 4.07. The Morgan fingerprint density at radius 2 is 1.76 bits per heavy atom. The van der Waals surface area contributed by atoms with E-state index in [1.54, 1.807) is 18.2 Å². The minimum atomic E-state index is -0.493. The lowest BCUT2D eigenvalue weighted by Gasteiger charge is -2.13. The Balaban J connectivity index is 2.22. The highest BCUT2D eigenvalue weighted by atomic mass is 16.5. The van der Waals surface area contributed by atoms with Gasteiger partial charge in [-0.3, -0.25) is 4.79 Å². The summed E-state index contributed by atoms with van der Waals surface area (Å²) in [7, 11) is 0. The molecule has 110 valence electrons. The number of benzene rings is 2. The van der Waals surface area contributed by atoms with Gasteiger partial charge in [0, 0.05) is 12.1 Å². The van der Waals surface area contributed by atoms with E-state index < -0.39 is 5.91 Å². The molecule has 0 saturated heterocycles. The molecule has 0 aromatic heterocycles. The summed E-state index contributed by atoms with van der Waals surface area (Å²) < 4.78 is 5.89. The number of ether oxygens (including phenoxy) is 1. The number of rotatable bonds is 7. The predicted octanol–water partition coefficient (Wildman–Crippen LogP) is 3.08. The van der Waals surface area contributed by atoms with Gasteiger partial charge in [0.2, 0.25) is 0 Å². The van der Waals surface area contributed by atoms with Crippen molar-refractivity contribution in [2.24, 2.45) is 5.73 Å². The maximum absolute atomic E-state index is 11.4. The van der Waals surface area contributed by atoms with E-state index in [0.717, 1.165) is 30.8 Å². The van der Waals surface area contributed by atoms with E-state index in [4.69, 9.17) is 10.5 Å². The second-order valence-corrected chi connectivity index (χ2v) is 4.75. The Morgan fingerprint density at radius 3 is 2.48 bits per heavy atom. The van der Waals surface area contributed by atoms with Crippen LogP contribution in [0, 0.1) is 0 Å². The minimum absolute atomic E-state index is 0.383. The van der Waals surface area contributed by atoms with Crippen LogP contribution < -0.4 is 15.8 Å². The Bertz CT molecular complexity index is 611. The van der Waals surface area contributed by atoms with Crippen LogP contribution in [0.4, 0.5) is 0 Å². The molecule has 0 aliphatic carbocycles. The third-order valence-electron chi connectivity index (χ3n) is 3.09. The molecule has 2 aromatic carbocycles. The summed E-state index contributed by atoms with van der Waals surface area (Å²) in [6.07, 6.45) is 1.08. The van der Waals surface area contributed by atoms with Gasteiger partial charge in [0.25, 0.3) is 5.91 Å². The summed E-state index contributed by atoms with van der Waals surface area (Å²) in [6.45, 7) is 3.80. The van der Waals surface area contributed by atoms with Gasteiger partial charge in [0.1, 0.15) is 11.5 Å². The highest BCUT2D eigenvalue weighted by Crippen LogP contribution is 2.27. The maximum atomic E-state index is 11.4. The summed E-state index contributed by atoms with van der Waals surface area (Å²) >= 11 is 0. The fourth-order valence-corrected chi connectivity index (χ4v) is 2.03. The SMILES string of the molecule is CCCNCc1ccccc1Oc1ccccc1C(N)=O. The summed E-state index contributed by atoms with van der Waals surface area (Å²) in [5.74, 6) is 0.718. The fraction of sp³-hybridized carbons (Fsp3) is 0.235. The zero-order valence-electron chi connectivity index (χ0n) is 12.1. The van der Waals surface area contributed by atoms with Crippen molar-refractivity contribution >= 4 is 5.91 Å². The summed E-state index contributed by atoms with van der Waals surface area (Å²) in [5.41, 5.74) is 6.80. The largest absolute Gasteiger partial charge is 0.456 e. The topological polar surface area (TPSA) is 64.3 Å². The van der Waals surface area contributed by atoms with Gasteiger partial charge in [-0.1, -0.05) is 37.3 Å². The number of carbonyl (C=O) groups excluding carboxylic acids is 1. The molecular formula is C17H20N2O2. The van der Waals surface area contributed by atoms with Crippen molar-refractivity contribution in [3.8, 4) is 11.5 Å². The lowest BCUT2D eigenvalue weighted by Crippen LogP contribution is -2.15. The molecule has 4 heteroatoms. The molecule has 0 radical (unpaired) electrons. The van der Waals surface area contributed by atoms with Crippen LogP contribution in [0.1, 0.15) is 29.3 Å². The highest BCUT2D eigenvalue weighted by molar-refractivity contribution is 5.95. The molecule has 0 atom stereocenters. The number of hydrogen-bond acceptors (Lipinski definition) is 3. The third-order valence-corrected chi connectivity index (χ3v) is 3.09. The molecule has 0 unspecified atom stereocenters. The number of nitrogens with two attached hydrogens (primary N) is 1. The molecule has 2 rings (SSSR count). The first-order valence-corrected chi connectivity index (χ1v) is 7.07. The van der Waals surface area contributed by atoms with E-state index >= 15 is 0 Å². The number of para-hydroxylation sites is 2. The molecule has 0 aliphatic heterocycles. The second kappa shape index (κ2) is 7.45. The van der Waals surface area contributed by atoms with Gasteiger partial charge in [-0.15, -0.1) is 0 Å². The van der Waals surface area contributed by atoms with Crippen LogP contribution in [-0.2, 0) is 6.54 Å². The van der Waals surface area contributed by atoms with Gasteiger partial charge in [-0.05, 0) is 31.2 Å². The normalized spacial score (nSPS) is 10.3. The van der Waals surface area contributed by atoms with Crippen molar-refractivity contribution in [2.45, 2.75) is 19.9 Å². The van der Waals surface area contributed by atoms with E-state index in [1.165, 1.54) is 0 Å². The van der Waals surface area contributed by atoms with Crippen molar-refractivity contribution in [1.82, 2.24) is 5.32 Å². The zero-order valence-corrected chi connectivity index (χ0v) is 12.1. The van der Waals surface area contributed by atoms with Crippen molar-refractivity contribution in [3.63, 3.8) is 0 Å². The minimum Gasteiger partial charge on any atom is -0.456 e. The number of hydrogen-bond donors (Lipinski definition) is 2. The van der Waals surface area contributed by atoms with Crippen molar-refractivity contribution in [1.29, 1.82) is 0 Å². The monoisotopic (exact) mass is 284 g/mol. The van der Waals surface area contributed by atoms with Crippen molar-refractivity contribution < 1.29 is 9.53 Å². The van der Waals surface area contributed by atoms with Gasteiger partial charge in [-0.25, -0.2) is 0 Å². The molecule has 0 fully saturated rings. The Hall–Kier alpha value is -2.33. The van der Waals surface area contributed by atoms with Crippen LogP contribution in [0.2, 0.25) is 0 Å². The standard InChI is InChI=1S/C17H20N2O2/c1-2-11-19-12-13-7-3-5-9-15(13)21-16-10-6-4-8-14(16)17(18)20/h3-10,19H,2,11-12H2,1H3,(H2,18,20). The number of primary amides is 1. The number of carbonyl (C=O) groups is 1. The molecular weight excluding hydrogens is 264 g/mol. The van der Waals surface area contributed by atoms with Crippen LogP contribution in [0.5, 0.6) is 11.5 Å². The van der Waals surface area contributed by atoms with Crippen LogP contribution in [0.3, 0.4) is 0 Å². The first kappa shape index (κ1) is 15.1. The van der Waals surface area contributed by atoms with Crippen LogP contribution in [0.25, 0.3) is 0 Å². The molecule has 4 nitrogen and oxygen atoms in total.